The lowest BCUT2D eigenvalue weighted by molar-refractivity contribution is -0.122. The Morgan fingerprint density at radius 3 is 2.55 bits per heavy atom. The molecule has 0 bridgehead atoms. The van der Waals surface area contributed by atoms with Crippen molar-refractivity contribution in [3.8, 4) is 11.8 Å². The van der Waals surface area contributed by atoms with Crippen molar-refractivity contribution < 1.29 is 31.5 Å². The van der Waals surface area contributed by atoms with E-state index in [1.807, 2.05) is 0 Å². The van der Waals surface area contributed by atoms with Gasteiger partial charge in [-0.1, -0.05) is 18.2 Å². The fraction of sp³-hybridized carbons (Fsp3) is 0.316. The second kappa shape index (κ2) is 10.8. The Labute approximate surface area is 181 Å². The number of sulfone groups is 1. The monoisotopic (exact) mass is 471 g/mol. The highest BCUT2D eigenvalue weighted by atomic mass is 32.2. The summed E-state index contributed by atoms with van der Waals surface area (Å²) in [4.78, 5) is 25.9. The maximum Gasteiger partial charge on any atom is 0.387 e. The molecule has 1 unspecified atom stereocenters. The van der Waals surface area contributed by atoms with Crippen LogP contribution >= 0.6 is 11.3 Å². The first-order valence-corrected chi connectivity index (χ1v) is 11.5. The minimum Gasteiger partial charge on any atom is -0.435 e. The summed E-state index contributed by atoms with van der Waals surface area (Å²) in [6.07, 6.45) is 0. The molecule has 1 aromatic carbocycles. The summed E-state index contributed by atoms with van der Waals surface area (Å²) in [5.74, 6) is -3.30. The highest BCUT2D eigenvalue weighted by Gasteiger charge is 2.29. The standard InChI is InChI=1S/C19H19F2N3O5S2/c1-12-6-7-16(30-12)18(26)24-14(17(25)23-9-8-22)11-31(27,28)10-13-4-2-3-5-15(13)29-19(20)21/h2-7,14,19H,9-11H2,1H3,(H,23,25)(H,24,26). The zero-order valence-corrected chi connectivity index (χ0v) is 17.9. The van der Waals surface area contributed by atoms with Crippen LogP contribution in [0.25, 0.3) is 0 Å². The molecular formula is C19H19F2N3O5S2. The fourth-order valence-electron chi connectivity index (χ4n) is 2.60. The summed E-state index contributed by atoms with van der Waals surface area (Å²) in [6.45, 7) is -1.74. The van der Waals surface area contributed by atoms with Gasteiger partial charge in [-0.25, -0.2) is 8.42 Å². The first kappa shape index (κ1) is 24.2. The molecule has 0 saturated carbocycles. The molecule has 1 atom stereocenters. The van der Waals surface area contributed by atoms with Crippen LogP contribution in [0.4, 0.5) is 8.78 Å². The highest BCUT2D eigenvalue weighted by molar-refractivity contribution is 7.90. The number of nitrogens with one attached hydrogen (secondary N) is 2. The van der Waals surface area contributed by atoms with Crippen molar-refractivity contribution >= 4 is 33.0 Å². The van der Waals surface area contributed by atoms with E-state index in [4.69, 9.17) is 5.26 Å². The smallest absolute Gasteiger partial charge is 0.387 e. The number of aryl methyl sites for hydroxylation is 1. The molecule has 8 nitrogen and oxygen atoms in total. The Morgan fingerprint density at radius 1 is 1.23 bits per heavy atom. The molecule has 0 aliphatic rings. The second-order valence-electron chi connectivity index (χ2n) is 6.35. The topological polar surface area (TPSA) is 125 Å². The van der Waals surface area contributed by atoms with Crippen LogP contribution in [0.5, 0.6) is 5.75 Å². The minimum absolute atomic E-state index is 0.0146. The van der Waals surface area contributed by atoms with Gasteiger partial charge in [0.2, 0.25) is 5.91 Å². The van der Waals surface area contributed by atoms with Crippen LogP contribution in [-0.2, 0) is 20.4 Å². The van der Waals surface area contributed by atoms with E-state index < -0.39 is 45.8 Å². The number of benzene rings is 1. The third-order valence-electron chi connectivity index (χ3n) is 3.91. The lowest BCUT2D eigenvalue weighted by Gasteiger charge is -2.18. The number of nitriles is 1. The third-order valence-corrected chi connectivity index (χ3v) is 6.50. The van der Waals surface area contributed by atoms with Crippen molar-refractivity contribution in [3.63, 3.8) is 0 Å². The molecule has 1 heterocycles. The molecule has 1 aromatic heterocycles. The van der Waals surface area contributed by atoms with Gasteiger partial charge >= 0.3 is 6.61 Å². The van der Waals surface area contributed by atoms with E-state index in [9.17, 15) is 26.8 Å². The maximum absolute atomic E-state index is 12.7. The number of para-hydroxylation sites is 1. The molecule has 0 fully saturated rings. The molecule has 31 heavy (non-hydrogen) atoms. The van der Waals surface area contributed by atoms with Gasteiger partial charge in [0, 0.05) is 10.4 Å². The minimum atomic E-state index is -4.06. The number of carbonyl (C=O) groups is 2. The summed E-state index contributed by atoms with van der Waals surface area (Å²) in [7, 11) is -4.06. The number of thiophene rings is 1. The first-order chi connectivity index (χ1) is 14.6. The number of hydrogen-bond donors (Lipinski definition) is 2. The number of rotatable bonds is 10. The zero-order valence-electron chi connectivity index (χ0n) is 16.3. The predicted molar refractivity (Wildman–Crippen MR) is 109 cm³/mol. The van der Waals surface area contributed by atoms with Crippen LogP contribution < -0.4 is 15.4 Å². The summed E-state index contributed by atoms with van der Waals surface area (Å²) in [5, 5.41) is 13.2. The van der Waals surface area contributed by atoms with Gasteiger partial charge in [0.1, 0.15) is 18.3 Å². The van der Waals surface area contributed by atoms with Crippen molar-refractivity contribution in [2.45, 2.75) is 25.3 Å². The van der Waals surface area contributed by atoms with Gasteiger partial charge in [0.15, 0.2) is 9.84 Å². The van der Waals surface area contributed by atoms with Crippen LogP contribution in [0.2, 0.25) is 0 Å². The Morgan fingerprint density at radius 2 is 1.94 bits per heavy atom. The molecule has 12 heteroatoms. The number of amides is 2. The molecule has 0 aliphatic heterocycles. The Balaban J connectivity index is 2.21. The molecule has 2 aromatic rings. The van der Waals surface area contributed by atoms with Crippen LogP contribution in [0.1, 0.15) is 20.1 Å². The van der Waals surface area contributed by atoms with Crippen LogP contribution in [0.3, 0.4) is 0 Å². The van der Waals surface area contributed by atoms with E-state index in [1.54, 1.807) is 19.1 Å². The van der Waals surface area contributed by atoms with Gasteiger partial charge in [0.05, 0.1) is 22.5 Å². The predicted octanol–water partition coefficient (Wildman–Crippen LogP) is 2.01. The average molecular weight is 472 g/mol. The molecular weight excluding hydrogens is 452 g/mol. The number of ether oxygens (including phenoxy) is 1. The van der Waals surface area contributed by atoms with Gasteiger partial charge in [0.25, 0.3) is 5.91 Å². The molecule has 166 valence electrons. The maximum atomic E-state index is 12.7. The zero-order chi connectivity index (χ0) is 23.0. The Kier molecular flexibility index (Phi) is 8.47. The molecule has 2 rings (SSSR count). The molecule has 0 spiro atoms. The van der Waals surface area contributed by atoms with Gasteiger partial charge in [-0.15, -0.1) is 11.3 Å². The number of alkyl halides is 2. The lowest BCUT2D eigenvalue weighted by atomic mass is 10.2. The number of halogens is 2. The van der Waals surface area contributed by atoms with Crippen molar-refractivity contribution in [1.29, 1.82) is 5.26 Å². The van der Waals surface area contributed by atoms with Crippen molar-refractivity contribution in [1.82, 2.24) is 10.6 Å². The van der Waals surface area contributed by atoms with Crippen LogP contribution in [0.15, 0.2) is 36.4 Å². The van der Waals surface area contributed by atoms with E-state index >= 15 is 0 Å². The first-order valence-electron chi connectivity index (χ1n) is 8.86. The van der Waals surface area contributed by atoms with Crippen molar-refractivity contribution in [3.05, 3.63) is 51.7 Å². The Hall–Kier alpha value is -3.04. The molecule has 2 amide bonds. The average Bonchev–Trinajstić information content (AvgIpc) is 3.13. The number of hydrogen-bond acceptors (Lipinski definition) is 7. The van der Waals surface area contributed by atoms with Crippen LogP contribution in [0, 0.1) is 18.3 Å². The second-order valence-corrected chi connectivity index (χ2v) is 9.75. The molecule has 0 saturated heterocycles. The van der Waals surface area contributed by atoms with Gasteiger partial charge in [-0.3, -0.25) is 9.59 Å². The Bertz CT molecular complexity index is 1080. The molecule has 2 N–H and O–H groups in total. The quantitative estimate of drug-likeness (QED) is 0.511. The van der Waals surface area contributed by atoms with Gasteiger partial charge < -0.3 is 15.4 Å². The third kappa shape index (κ3) is 7.62. The summed E-state index contributed by atoms with van der Waals surface area (Å²) < 4.78 is 54.9. The largest absolute Gasteiger partial charge is 0.435 e. The SMILES string of the molecule is Cc1ccc(C(=O)NC(CS(=O)(=O)Cc2ccccc2OC(F)F)C(=O)NCC#N)s1. The van der Waals surface area contributed by atoms with E-state index in [2.05, 4.69) is 15.4 Å². The summed E-state index contributed by atoms with van der Waals surface area (Å²) in [5.41, 5.74) is -0.0146. The lowest BCUT2D eigenvalue weighted by Crippen LogP contribution is -2.50. The summed E-state index contributed by atoms with van der Waals surface area (Å²) in [6, 6.07) is 8.82. The molecule has 0 radical (unpaired) electrons. The van der Waals surface area contributed by atoms with E-state index in [-0.39, 0.29) is 22.7 Å². The number of nitrogens with zero attached hydrogens (tertiary/aromatic N) is 1. The van der Waals surface area contributed by atoms with E-state index in [0.717, 1.165) is 16.2 Å². The van der Waals surface area contributed by atoms with Crippen molar-refractivity contribution in [2.75, 3.05) is 12.3 Å². The normalized spacial score (nSPS) is 12.1. The van der Waals surface area contributed by atoms with Gasteiger partial charge in [-0.05, 0) is 25.1 Å². The van der Waals surface area contributed by atoms with Crippen molar-refractivity contribution in [2.24, 2.45) is 0 Å². The highest BCUT2D eigenvalue weighted by Crippen LogP contribution is 2.23. The van der Waals surface area contributed by atoms with E-state index in [1.165, 1.54) is 30.3 Å². The fourth-order valence-corrected chi connectivity index (χ4v) is 4.95. The van der Waals surface area contributed by atoms with Gasteiger partial charge in [-0.2, -0.15) is 14.0 Å². The molecule has 0 aliphatic carbocycles. The van der Waals surface area contributed by atoms with Crippen LogP contribution in [-0.4, -0.2) is 45.2 Å². The number of carbonyl (C=O) groups excluding carboxylic acids is 2. The van der Waals surface area contributed by atoms with E-state index in [0.29, 0.717) is 0 Å². The summed E-state index contributed by atoms with van der Waals surface area (Å²) >= 11 is 1.16.